The lowest BCUT2D eigenvalue weighted by Crippen LogP contribution is -2.29. The number of nitrogens with zero attached hydrogens (tertiary/aromatic N) is 2. The van der Waals surface area contributed by atoms with Crippen LogP contribution in [0.15, 0.2) is 47.4 Å². The molecule has 1 fully saturated rings. The van der Waals surface area contributed by atoms with Gasteiger partial charge in [0.2, 0.25) is 0 Å². The molecule has 0 radical (unpaired) electrons. The van der Waals surface area contributed by atoms with E-state index in [4.69, 9.17) is 4.74 Å². The summed E-state index contributed by atoms with van der Waals surface area (Å²) in [4.78, 5) is 2.04. The van der Waals surface area contributed by atoms with Crippen LogP contribution in [-0.2, 0) is 27.2 Å². The Morgan fingerprint density at radius 3 is 2.52 bits per heavy atom. The van der Waals surface area contributed by atoms with Gasteiger partial charge in [-0.05, 0) is 63.2 Å². The number of benzene rings is 2. The van der Waals surface area contributed by atoms with Gasteiger partial charge in [0.15, 0.2) is 9.84 Å². The lowest BCUT2D eigenvalue weighted by Gasteiger charge is -2.24. The van der Waals surface area contributed by atoms with Gasteiger partial charge < -0.3 is 24.8 Å². The average molecular weight is 625 g/mol. The standard InChI is InChI=1S/C29H35F3N4O4S2/c1-35(2)14-15-40-28-19-23(42(3,38)39)9-10-26(28)33-13-5-6-22-18-24-25(34-21-11-16-41(37)17-12-21)7-4-8-27(24)36(22)20-29(30,31)32/h4,7-10,18-19,21,33-34H,11-17,20H2,1-3H3. The predicted octanol–water partition coefficient (Wildman–Crippen LogP) is 4.33. The molecular formula is C29H35F3N4O4S2. The largest absolute Gasteiger partial charge is 0.490 e. The number of rotatable bonds is 10. The Balaban J connectivity index is 1.58. The molecule has 0 saturated carbocycles. The van der Waals surface area contributed by atoms with Crippen LogP contribution in [0.2, 0.25) is 0 Å². The van der Waals surface area contributed by atoms with E-state index in [1.165, 1.54) is 16.7 Å². The van der Waals surface area contributed by atoms with Crippen LogP contribution >= 0.6 is 0 Å². The summed E-state index contributed by atoms with van der Waals surface area (Å²) in [6, 6.07) is 11.5. The summed E-state index contributed by atoms with van der Waals surface area (Å²) >= 11 is 0. The number of nitrogens with one attached hydrogen (secondary N) is 2. The molecule has 0 bridgehead atoms. The molecule has 8 nitrogen and oxygen atoms in total. The first kappa shape index (κ1) is 31.7. The van der Waals surface area contributed by atoms with E-state index in [1.54, 1.807) is 24.3 Å². The van der Waals surface area contributed by atoms with E-state index in [-0.39, 0.29) is 23.2 Å². The van der Waals surface area contributed by atoms with Crippen LogP contribution in [0.3, 0.4) is 0 Å². The van der Waals surface area contributed by atoms with Crippen LogP contribution in [0.1, 0.15) is 18.5 Å². The molecule has 2 aromatic carbocycles. The highest BCUT2D eigenvalue weighted by molar-refractivity contribution is 7.90. The smallest absolute Gasteiger partial charge is 0.406 e. The number of likely N-dealkylation sites (N-methyl/N-ethyl adjacent to an activating group) is 1. The lowest BCUT2D eigenvalue weighted by molar-refractivity contribution is -0.140. The summed E-state index contributed by atoms with van der Waals surface area (Å²) in [5, 5.41) is 7.17. The highest BCUT2D eigenvalue weighted by Crippen LogP contribution is 2.32. The fourth-order valence-electron chi connectivity index (χ4n) is 4.63. The molecule has 1 aliphatic rings. The van der Waals surface area contributed by atoms with Gasteiger partial charge in [0.05, 0.1) is 28.3 Å². The number of hydrogen-bond donors (Lipinski definition) is 2. The number of sulfone groups is 1. The Hall–Kier alpha value is -3.21. The number of anilines is 2. The molecule has 3 aromatic rings. The first-order chi connectivity index (χ1) is 19.8. The van der Waals surface area contributed by atoms with E-state index in [0.717, 1.165) is 24.8 Å². The molecule has 2 heterocycles. The van der Waals surface area contributed by atoms with E-state index >= 15 is 0 Å². The summed E-state index contributed by atoms with van der Waals surface area (Å²) in [6.07, 6.45) is -1.87. The minimum absolute atomic E-state index is 0.0835. The Bertz CT molecular complexity index is 1600. The van der Waals surface area contributed by atoms with Crippen molar-refractivity contribution in [2.75, 3.05) is 62.2 Å². The molecule has 0 unspecified atom stereocenters. The maximum Gasteiger partial charge on any atom is 0.406 e. The summed E-state index contributed by atoms with van der Waals surface area (Å²) < 4.78 is 83.5. The number of fused-ring (bicyclic) bond motifs is 1. The molecule has 0 aliphatic carbocycles. The maximum absolute atomic E-state index is 13.6. The van der Waals surface area contributed by atoms with Crippen molar-refractivity contribution in [2.45, 2.75) is 36.5 Å². The number of aromatic nitrogens is 1. The minimum Gasteiger partial charge on any atom is -0.490 e. The van der Waals surface area contributed by atoms with Crippen LogP contribution in [0.4, 0.5) is 24.5 Å². The van der Waals surface area contributed by atoms with Crippen molar-refractivity contribution in [3.8, 4) is 17.6 Å². The zero-order valence-electron chi connectivity index (χ0n) is 23.8. The lowest BCUT2D eigenvalue weighted by atomic mass is 10.1. The van der Waals surface area contributed by atoms with E-state index in [2.05, 4.69) is 22.5 Å². The molecule has 0 atom stereocenters. The topological polar surface area (TPSA) is 92.7 Å². The third-order valence-electron chi connectivity index (χ3n) is 6.79. The highest BCUT2D eigenvalue weighted by Gasteiger charge is 2.30. The zero-order valence-corrected chi connectivity index (χ0v) is 25.4. The van der Waals surface area contributed by atoms with Gasteiger partial charge in [0.1, 0.15) is 18.9 Å². The van der Waals surface area contributed by atoms with Crippen molar-refractivity contribution < 1.29 is 30.5 Å². The van der Waals surface area contributed by atoms with Gasteiger partial charge in [-0.2, -0.15) is 13.2 Å². The Labute approximate surface area is 247 Å². The van der Waals surface area contributed by atoms with Gasteiger partial charge in [-0.15, -0.1) is 0 Å². The second kappa shape index (κ2) is 13.4. The van der Waals surface area contributed by atoms with Gasteiger partial charge in [0.25, 0.3) is 0 Å². The molecule has 1 aromatic heterocycles. The summed E-state index contributed by atoms with van der Waals surface area (Å²) in [5.41, 5.74) is 1.88. The van der Waals surface area contributed by atoms with Crippen molar-refractivity contribution >= 4 is 42.9 Å². The first-order valence-corrected chi connectivity index (χ1v) is 16.8. The van der Waals surface area contributed by atoms with Gasteiger partial charge >= 0.3 is 6.18 Å². The molecule has 1 saturated heterocycles. The van der Waals surface area contributed by atoms with Crippen molar-refractivity contribution in [2.24, 2.45) is 0 Å². The fourth-order valence-corrected chi connectivity index (χ4v) is 6.57. The third-order valence-corrected chi connectivity index (χ3v) is 9.28. The molecule has 0 spiro atoms. The van der Waals surface area contributed by atoms with E-state index in [9.17, 15) is 25.8 Å². The quantitative estimate of drug-likeness (QED) is 0.325. The number of halogens is 3. The van der Waals surface area contributed by atoms with Crippen LogP contribution in [0, 0.1) is 11.8 Å². The average Bonchev–Trinajstić information content (AvgIpc) is 3.24. The van der Waals surface area contributed by atoms with Gasteiger partial charge in [-0.25, -0.2) is 8.42 Å². The molecule has 42 heavy (non-hydrogen) atoms. The van der Waals surface area contributed by atoms with Crippen LogP contribution in [0.25, 0.3) is 10.9 Å². The molecule has 0 amide bonds. The summed E-state index contributed by atoms with van der Waals surface area (Å²) in [6.45, 7) is -0.160. The Kier molecular flexibility index (Phi) is 10.1. The zero-order chi connectivity index (χ0) is 30.5. The monoisotopic (exact) mass is 624 g/mol. The van der Waals surface area contributed by atoms with Crippen LogP contribution in [-0.4, -0.2) is 85.9 Å². The first-order valence-electron chi connectivity index (χ1n) is 13.4. The maximum atomic E-state index is 13.6. The molecular weight excluding hydrogens is 589 g/mol. The molecule has 4 rings (SSSR count). The highest BCUT2D eigenvalue weighted by atomic mass is 32.2. The third kappa shape index (κ3) is 8.65. The van der Waals surface area contributed by atoms with Gasteiger partial charge in [-0.1, -0.05) is 12.0 Å². The van der Waals surface area contributed by atoms with E-state index < -0.39 is 33.4 Å². The minimum atomic E-state index is -4.45. The second-order valence-corrected chi connectivity index (χ2v) is 14.2. The molecule has 228 valence electrons. The summed E-state index contributed by atoms with van der Waals surface area (Å²) in [7, 11) is -0.488. The van der Waals surface area contributed by atoms with Crippen molar-refractivity contribution in [3.63, 3.8) is 0 Å². The van der Waals surface area contributed by atoms with Gasteiger partial charge in [-0.3, -0.25) is 4.21 Å². The number of hydrogen-bond acceptors (Lipinski definition) is 7. The molecule has 1 aliphatic heterocycles. The normalized spacial score (nSPS) is 17.6. The fraction of sp³-hybridized carbons (Fsp3) is 0.448. The predicted molar refractivity (Wildman–Crippen MR) is 161 cm³/mol. The van der Waals surface area contributed by atoms with Gasteiger partial charge in [0, 0.05) is 58.3 Å². The molecule has 13 heteroatoms. The Morgan fingerprint density at radius 2 is 1.86 bits per heavy atom. The van der Waals surface area contributed by atoms with Crippen molar-refractivity contribution in [1.82, 2.24) is 9.47 Å². The van der Waals surface area contributed by atoms with E-state index in [1.807, 2.05) is 25.1 Å². The van der Waals surface area contributed by atoms with Crippen molar-refractivity contribution in [3.05, 3.63) is 48.2 Å². The Morgan fingerprint density at radius 1 is 1.12 bits per heavy atom. The van der Waals surface area contributed by atoms with Crippen LogP contribution < -0.4 is 15.4 Å². The van der Waals surface area contributed by atoms with E-state index in [0.29, 0.717) is 47.0 Å². The number of ether oxygens (including phenoxy) is 1. The van der Waals surface area contributed by atoms with Crippen molar-refractivity contribution in [1.29, 1.82) is 0 Å². The molecule has 2 N–H and O–H groups in total. The second-order valence-electron chi connectivity index (χ2n) is 10.5. The SMILES string of the molecule is CN(C)CCOc1cc(S(C)(=O)=O)ccc1NCC#Cc1cc2c(NC3CCS(=O)CC3)cccc2n1CC(F)(F)F. The summed E-state index contributed by atoms with van der Waals surface area (Å²) in [5.74, 6) is 7.34. The van der Waals surface area contributed by atoms with Crippen LogP contribution in [0.5, 0.6) is 5.75 Å². The number of alkyl halides is 3.